The molecule has 0 bridgehead atoms. The van der Waals surface area contributed by atoms with E-state index < -0.39 is 23.3 Å². The number of aromatic nitrogens is 2. The Labute approximate surface area is 156 Å². The first-order chi connectivity index (χ1) is 12.9. The number of rotatable bonds is 3. The Morgan fingerprint density at radius 3 is 2.19 bits per heavy atom. The van der Waals surface area contributed by atoms with Gasteiger partial charge < -0.3 is 0 Å². The van der Waals surface area contributed by atoms with Crippen LogP contribution in [0, 0.1) is 23.3 Å². The summed E-state index contributed by atoms with van der Waals surface area (Å²) in [4.78, 5) is 0. The van der Waals surface area contributed by atoms with E-state index in [9.17, 15) is 17.6 Å². The van der Waals surface area contributed by atoms with Crippen LogP contribution in [0.1, 0.15) is 5.56 Å². The second-order valence-corrected chi connectivity index (χ2v) is 6.40. The van der Waals surface area contributed by atoms with Crippen molar-refractivity contribution in [3.63, 3.8) is 0 Å². The first kappa shape index (κ1) is 17.5. The molecule has 0 radical (unpaired) electrons. The maximum absolute atomic E-state index is 14.1. The van der Waals surface area contributed by atoms with E-state index in [1.807, 2.05) is 0 Å². The Morgan fingerprint density at radius 1 is 0.852 bits per heavy atom. The van der Waals surface area contributed by atoms with Crippen molar-refractivity contribution in [2.75, 3.05) is 0 Å². The lowest BCUT2D eigenvalue weighted by atomic mass is 10.1. The summed E-state index contributed by atoms with van der Waals surface area (Å²) in [7, 11) is 0. The van der Waals surface area contributed by atoms with E-state index in [1.165, 1.54) is 16.8 Å². The lowest BCUT2D eigenvalue weighted by Crippen LogP contribution is -2.08. The third-order valence-electron chi connectivity index (χ3n) is 4.25. The van der Waals surface area contributed by atoms with Gasteiger partial charge in [0.2, 0.25) is 0 Å². The van der Waals surface area contributed by atoms with E-state index in [0.717, 1.165) is 0 Å². The summed E-state index contributed by atoms with van der Waals surface area (Å²) in [6, 6.07) is 12.0. The Bertz CT molecular complexity index is 1130. The van der Waals surface area contributed by atoms with Crippen molar-refractivity contribution in [3.05, 3.63) is 88.5 Å². The summed E-state index contributed by atoms with van der Waals surface area (Å²) in [6.45, 7) is -0.282. The number of hydrogen-bond donors (Lipinski definition) is 0. The number of hydrogen-bond acceptors (Lipinski definition) is 1. The standard InChI is InChI=1S/C20H11ClF4N2/c21-16-3-1-2-14-19(16)26-27(20(14)11-4-6-12(22)7-5-11)10-15-17(24)8-13(23)9-18(15)25/h1-9H,10H2. The molecule has 4 aromatic rings. The van der Waals surface area contributed by atoms with Gasteiger partial charge in [-0.15, -0.1) is 0 Å². The molecule has 27 heavy (non-hydrogen) atoms. The molecule has 0 unspecified atom stereocenters. The fourth-order valence-corrected chi connectivity index (χ4v) is 3.23. The third kappa shape index (κ3) is 3.17. The normalized spacial score (nSPS) is 11.3. The van der Waals surface area contributed by atoms with Gasteiger partial charge in [-0.3, -0.25) is 4.68 Å². The van der Waals surface area contributed by atoms with Gasteiger partial charge in [-0.25, -0.2) is 17.6 Å². The van der Waals surface area contributed by atoms with Crippen molar-refractivity contribution < 1.29 is 17.6 Å². The van der Waals surface area contributed by atoms with E-state index in [4.69, 9.17) is 11.6 Å². The summed E-state index contributed by atoms with van der Waals surface area (Å²) in [6.07, 6.45) is 0. The smallest absolute Gasteiger partial charge is 0.134 e. The second-order valence-electron chi connectivity index (χ2n) is 6.00. The SMILES string of the molecule is Fc1ccc(-c2c3cccc(Cl)c3nn2Cc2c(F)cc(F)cc2F)cc1. The van der Waals surface area contributed by atoms with E-state index in [-0.39, 0.29) is 12.1 Å². The molecule has 0 saturated carbocycles. The van der Waals surface area contributed by atoms with E-state index in [1.54, 1.807) is 30.3 Å². The monoisotopic (exact) mass is 390 g/mol. The van der Waals surface area contributed by atoms with Crippen molar-refractivity contribution in [2.24, 2.45) is 0 Å². The van der Waals surface area contributed by atoms with Crippen molar-refractivity contribution >= 4 is 22.5 Å². The number of halogens is 5. The second kappa shape index (κ2) is 6.70. The van der Waals surface area contributed by atoms with E-state index >= 15 is 0 Å². The molecule has 4 rings (SSSR count). The summed E-state index contributed by atoms with van der Waals surface area (Å²) in [5.41, 5.74) is 1.24. The van der Waals surface area contributed by atoms with Crippen LogP contribution in [0.3, 0.4) is 0 Å². The summed E-state index contributed by atoms with van der Waals surface area (Å²) in [5.74, 6) is -3.43. The van der Waals surface area contributed by atoms with Crippen molar-refractivity contribution in [3.8, 4) is 11.3 Å². The van der Waals surface area contributed by atoms with Crippen LogP contribution in [0.5, 0.6) is 0 Å². The van der Waals surface area contributed by atoms with Gasteiger partial charge in [0.15, 0.2) is 0 Å². The van der Waals surface area contributed by atoms with Crippen LogP contribution in [0.2, 0.25) is 5.02 Å². The highest BCUT2D eigenvalue weighted by molar-refractivity contribution is 6.35. The van der Waals surface area contributed by atoms with Gasteiger partial charge in [0.05, 0.1) is 17.3 Å². The Hall–Kier alpha value is -2.86. The first-order valence-electron chi connectivity index (χ1n) is 7.98. The van der Waals surface area contributed by atoms with Crippen LogP contribution in [-0.4, -0.2) is 9.78 Å². The Kier molecular flexibility index (Phi) is 4.36. The fraction of sp³-hybridized carbons (Fsp3) is 0.0500. The third-order valence-corrected chi connectivity index (χ3v) is 4.56. The average Bonchev–Trinajstić information content (AvgIpc) is 2.98. The van der Waals surface area contributed by atoms with Gasteiger partial charge in [0, 0.05) is 28.6 Å². The lowest BCUT2D eigenvalue weighted by molar-refractivity contribution is 0.510. The predicted molar refractivity (Wildman–Crippen MR) is 95.6 cm³/mol. The maximum atomic E-state index is 14.1. The van der Waals surface area contributed by atoms with Gasteiger partial charge in [-0.1, -0.05) is 23.7 Å². The molecule has 2 nitrogen and oxygen atoms in total. The molecule has 7 heteroatoms. The molecule has 0 saturated heterocycles. The molecule has 1 heterocycles. The topological polar surface area (TPSA) is 17.8 Å². The summed E-state index contributed by atoms with van der Waals surface area (Å²) >= 11 is 6.21. The molecule has 0 fully saturated rings. The molecule has 0 aliphatic heterocycles. The van der Waals surface area contributed by atoms with Gasteiger partial charge in [0.25, 0.3) is 0 Å². The van der Waals surface area contributed by atoms with Crippen LogP contribution in [-0.2, 0) is 6.54 Å². The molecule has 0 amide bonds. The minimum absolute atomic E-state index is 0.282. The number of nitrogens with zero attached hydrogens (tertiary/aromatic N) is 2. The minimum Gasteiger partial charge on any atom is -0.259 e. The summed E-state index contributed by atoms with van der Waals surface area (Å²) in [5, 5.41) is 5.39. The number of fused-ring (bicyclic) bond motifs is 1. The van der Waals surface area contributed by atoms with Crippen LogP contribution < -0.4 is 0 Å². The number of benzene rings is 3. The molecule has 1 aromatic heterocycles. The molecule has 0 aliphatic carbocycles. The molecular weight excluding hydrogens is 380 g/mol. The predicted octanol–water partition coefficient (Wildman–Crippen LogP) is 5.96. The zero-order chi connectivity index (χ0) is 19.1. The van der Waals surface area contributed by atoms with Gasteiger partial charge in [-0.05, 0) is 30.3 Å². The molecule has 0 atom stereocenters. The quantitative estimate of drug-likeness (QED) is 0.394. The van der Waals surface area contributed by atoms with Crippen LogP contribution >= 0.6 is 11.6 Å². The van der Waals surface area contributed by atoms with Crippen LogP contribution in [0.25, 0.3) is 22.2 Å². The fourth-order valence-electron chi connectivity index (χ4n) is 3.02. The van der Waals surface area contributed by atoms with Crippen molar-refractivity contribution in [1.29, 1.82) is 0 Å². The molecule has 0 aliphatic rings. The first-order valence-corrected chi connectivity index (χ1v) is 8.36. The maximum Gasteiger partial charge on any atom is 0.134 e. The zero-order valence-corrected chi connectivity index (χ0v) is 14.4. The van der Waals surface area contributed by atoms with Crippen LogP contribution in [0.4, 0.5) is 17.6 Å². The van der Waals surface area contributed by atoms with Crippen LogP contribution in [0.15, 0.2) is 54.6 Å². The van der Waals surface area contributed by atoms with Gasteiger partial charge in [-0.2, -0.15) is 5.10 Å². The molecule has 0 spiro atoms. The Morgan fingerprint density at radius 2 is 1.52 bits per heavy atom. The van der Waals surface area contributed by atoms with Gasteiger partial charge in [0.1, 0.15) is 28.8 Å². The van der Waals surface area contributed by atoms with Crippen molar-refractivity contribution in [1.82, 2.24) is 9.78 Å². The minimum atomic E-state index is -1.01. The largest absolute Gasteiger partial charge is 0.259 e. The van der Waals surface area contributed by atoms with E-state index in [2.05, 4.69) is 5.10 Å². The average molecular weight is 391 g/mol. The highest BCUT2D eigenvalue weighted by Gasteiger charge is 2.19. The summed E-state index contributed by atoms with van der Waals surface area (Å²) < 4.78 is 56.1. The zero-order valence-electron chi connectivity index (χ0n) is 13.7. The molecule has 136 valence electrons. The Balaban J connectivity index is 1.94. The molecule has 0 N–H and O–H groups in total. The van der Waals surface area contributed by atoms with Gasteiger partial charge >= 0.3 is 0 Å². The highest BCUT2D eigenvalue weighted by Crippen LogP contribution is 2.33. The highest BCUT2D eigenvalue weighted by atomic mass is 35.5. The molecule has 3 aromatic carbocycles. The molecular formula is C20H11ClF4N2. The lowest BCUT2D eigenvalue weighted by Gasteiger charge is -2.10. The van der Waals surface area contributed by atoms with E-state index in [0.29, 0.717) is 39.3 Å². The van der Waals surface area contributed by atoms with Crippen molar-refractivity contribution in [2.45, 2.75) is 6.54 Å².